The summed E-state index contributed by atoms with van der Waals surface area (Å²) in [6.45, 7) is 2.40. The fourth-order valence-electron chi connectivity index (χ4n) is 1.46. The maximum absolute atomic E-state index is 6.14. The van der Waals surface area contributed by atoms with E-state index in [1.807, 2.05) is 13.0 Å². The van der Waals surface area contributed by atoms with Gasteiger partial charge in [-0.25, -0.2) is 0 Å². The van der Waals surface area contributed by atoms with Gasteiger partial charge in [-0.2, -0.15) is 0 Å². The number of guanidine groups is 1. The zero-order valence-electron chi connectivity index (χ0n) is 10.7. The zero-order valence-corrected chi connectivity index (χ0v) is 14.5. The lowest BCUT2D eigenvalue weighted by molar-refractivity contribution is 0.695. The third-order valence-electron chi connectivity index (χ3n) is 2.36. The Hall–Kier alpha value is -0.640. The van der Waals surface area contributed by atoms with Gasteiger partial charge in [0.1, 0.15) is 0 Å². The van der Waals surface area contributed by atoms with Crippen LogP contribution in [0.1, 0.15) is 18.5 Å². The molecule has 0 fully saturated rings. The quantitative estimate of drug-likeness (QED) is 0.346. The van der Waals surface area contributed by atoms with Crippen molar-refractivity contribution in [3.8, 4) is 12.3 Å². The smallest absolute Gasteiger partial charge is 0.192 e. The van der Waals surface area contributed by atoms with Crippen LogP contribution in [0.25, 0.3) is 0 Å². The minimum atomic E-state index is -0.00117. The molecule has 0 aromatic heterocycles. The highest BCUT2D eigenvalue weighted by Gasteiger charge is 2.11. The summed E-state index contributed by atoms with van der Waals surface area (Å²) in [5.74, 6) is 3.12. The van der Waals surface area contributed by atoms with Gasteiger partial charge in [0.15, 0.2) is 5.96 Å². The van der Waals surface area contributed by atoms with Crippen molar-refractivity contribution in [2.24, 2.45) is 4.99 Å². The second-order valence-electron chi connectivity index (χ2n) is 3.66. The molecule has 3 nitrogen and oxygen atoms in total. The molecule has 104 valence electrons. The number of rotatable bonds is 3. The molecular formula is C13H16Cl2IN3. The lowest BCUT2D eigenvalue weighted by Crippen LogP contribution is -2.38. The van der Waals surface area contributed by atoms with E-state index in [1.54, 1.807) is 19.2 Å². The lowest BCUT2D eigenvalue weighted by atomic mass is 10.1. The third-order valence-corrected chi connectivity index (χ3v) is 2.93. The van der Waals surface area contributed by atoms with E-state index in [0.29, 0.717) is 22.5 Å². The van der Waals surface area contributed by atoms with Gasteiger partial charge in [-0.05, 0) is 24.6 Å². The molecule has 0 saturated heterocycles. The number of terminal acetylenes is 1. The molecule has 0 saturated carbocycles. The molecule has 1 atom stereocenters. The SMILES string of the molecule is C#CCNC(=NC)NC(C)c1ccc(Cl)cc1Cl.I. The molecule has 0 heterocycles. The Labute approximate surface area is 141 Å². The standard InChI is InChI=1S/C13H15Cl2N3.HI/c1-4-7-17-13(16-3)18-9(2)11-6-5-10(14)8-12(11)15;/h1,5-6,8-9H,7H2,2-3H3,(H2,16,17,18);1H. The highest BCUT2D eigenvalue weighted by Crippen LogP contribution is 2.25. The van der Waals surface area contributed by atoms with Gasteiger partial charge in [0.2, 0.25) is 0 Å². The van der Waals surface area contributed by atoms with Crippen molar-refractivity contribution in [1.82, 2.24) is 10.6 Å². The zero-order chi connectivity index (χ0) is 13.5. The Morgan fingerprint density at radius 3 is 2.68 bits per heavy atom. The number of benzene rings is 1. The molecule has 0 radical (unpaired) electrons. The normalized spacial score (nSPS) is 12.1. The molecule has 1 rings (SSSR count). The molecule has 0 bridgehead atoms. The van der Waals surface area contributed by atoms with Crippen LogP contribution in [-0.4, -0.2) is 19.6 Å². The molecule has 6 heteroatoms. The van der Waals surface area contributed by atoms with Gasteiger partial charge in [-0.15, -0.1) is 30.4 Å². The van der Waals surface area contributed by atoms with Crippen molar-refractivity contribution in [3.63, 3.8) is 0 Å². The molecule has 19 heavy (non-hydrogen) atoms. The van der Waals surface area contributed by atoms with Gasteiger partial charge in [0.25, 0.3) is 0 Å². The average molecular weight is 412 g/mol. The van der Waals surface area contributed by atoms with Crippen LogP contribution >= 0.6 is 47.2 Å². The first-order chi connectivity index (χ1) is 8.58. The fourth-order valence-corrected chi connectivity index (χ4v) is 2.04. The summed E-state index contributed by atoms with van der Waals surface area (Å²) >= 11 is 12.0. The number of aliphatic imine (C=N–C) groups is 1. The maximum Gasteiger partial charge on any atom is 0.192 e. The van der Waals surface area contributed by atoms with Crippen LogP contribution < -0.4 is 10.6 Å². The van der Waals surface area contributed by atoms with Crippen molar-refractivity contribution in [3.05, 3.63) is 33.8 Å². The molecule has 0 aliphatic carbocycles. The van der Waals surface area contributed by atoms with Crippen LogP contribution in [0.3, 0.4) is 0 Å². The Morgan fingerprint density at radius 1 is 1.47 bits per heavy atom. The molecule has 0 spiro atoms. The number of hydrogen-bond donors (Lipinski definition) is 2. The van der Waals surface area contributed by atoms with Gasteiger partial charge >= 0.3 is 0 Å². The predicted molar refractivity (Wildman–Crippen MR) is 93.6 cm³/mol. The summed E-state index contributed by atoms with van der Waals surface area (Å²) in [7, 11) is 1.68. The maximum atomic E-state index is 6.14. The number of hydrogen-bond acceptors (Lipinski definition) is 1. The third kappa shape index (κ3) is 5.89. The average Bonchev–Trinajstić information content (AvgIpc) is 2.34. The van der Waals surface area contributed by atoms with Gasteiger partial charge in [-0.1, -0.05) is 35.2 Å². The van der Waals surface area contributed by atoms with Gasteiger partial charge in [0.05, 0.1) is 12.6 Å². The summed E-state index contributed by atoms with van der Waals surface area (Å²) < 4.78 is 0. The lowest BCUT2D eigenvalue weighted by Gasteiger charge is -2.18. The highest BCUT2D eigenvalue weighted by molar-refractivity contribution is 14.0. The van der Waals surface area contributed by atoms with E-state index in [0.717, 1.165) is 5.56 Å². The summed E-state index contributed by atoms with van der Waals surface area (Å²) in [6, 6.07) is 5.41. The first kappa shape index (κ1) is 18.4. The minimum Gasteiger partial charge on any atom is -0.350 e. The molecule has 0 aliphatic heterocycles. The largest absolute Gasteiger partial charge is 0.350 e. The van der Waals surface area contributed by atoms with Crippen LogP contribution in [0, 0.1) is 12.3 Å². The fraction of sp³-hybridized carbons (Fsp3) is 0.308. The first-order valence-electron chi connectivity index (χ1n) is 5.44. The van der Waals surface area contributed by atoms with E-state index in [2.05, 4.69) is 21.5 Å². The number of nitrogens with zero attached hydrogens (tertiary/aromatic N) is 1. The highest BCUT2D eigenvalue weighted by atomic mass is 127. The molecule has 1 aromatic carbocycles. The van der Waals surface area contributed by atoms with Crippen LogP contribution in [0.5, 0.6) is 0 Å². The first-order valence-corrected chi connectivity index (χ1v) is 6.19. The van der Waals surface area contributed by atoms with Crippen molar-refractivity contribution >= 4 is 53.1 Å². The topological polar surface area (TPSA) is 36.4 Å². The minimum absolute atomic E-state index is 0. The Balaban J connectivity index is 0.00000324. The van der Waals surface area contributed by atoms with E-state index in [1.165, 1.54) is 0 Å². The van der Waals surface area contributed by atoms with E-state index in [4.69, 9.17) is 29.6 Å². The van der Waals surface area contributed by atoms with E-state index in [9.17, 15) is 0 Å². The Morgan fingerprint density at radius 2 is 2.16 bits per heavy atom. The monoisotopic (exact) mass is 411 g/mol. The predicted octanol–water partition coefficient (Wildman–Crippen LogP) is 3.47. The van der Waals surface area contributed by atoms with Crippen LogP contribution in [0.4, 0.5) is 0 Å². The Bertz CT molecular complexity index is 483. The molecule has 2 N–H and O–H groups in total. The molecular weight excluding hydrogens is 396 g/mol. The van der Waals surface area contributed by atoms with Crippen molar-refractivity contribution in [1.29, 1.82) is 0 Å². The van der Waals surface area contributed by atoms with Gasteiger partial charge in [0, 0.05) is 17.1 Å². The second-order valence-corrected chi connectivity index (χ2v) is 4.51. The van der Waals surface area contributed by atoms with Crippen LogP contribution in [0.15, 0.2) is 23.2 Å². The van der Waals surface area contributed by atoms with Crippen molar-refractivity contribution in [2.75, 3.05) is 13.6 Å². The van der Waals surface area contributed by atoms with Crippen LogP contribution in [0.2, 0.25) is 10.0 Å². The van der Waals surface area contributed by atoms with Crippen LogP contribution in [-0.2, 0) is 0 Å². The van der Waals surface area contributed by atoms with E-state index in [-0.39, 0.29) is 30.0 Å². The summed E-state index contributed by atoms with van der Waals surface area (Å²) in [4.78, 5) is 4.07. The van der Waals surface area contributed by atoms with Gasteiger partial charge < -0.3 is 10.6 Å². The summed E-state index contributed by atoms with van der Waals surface area (Å²) in [5.41, 5.74) is 0.949. The number of halogens is 3. The van der Waals surface area contributed by atoms with Crippen molar-refractivity contribution in [2.45, 2.75) is 13.0 Å². The summed E-state index contributed by atoms with van der Waals surface area (Å²) in [5, 5.41) is 7.41. The van der Waals surface area contributed by atoms with E-state index < -0.39 is 0 Å². The molecule has 1 unspecified atom stereocenters. The molecule has 1 aromatic rings. The van der Waals surface area contributed by atoms with E-state index >= 15 is 0 Å². The second kappa shape index (κ2) is 9.29. The van der Waals surface area contributed by atoms with Crippen molar-refractivity contribution < 1.29 is 0 Å². The van der Waals surface area contributed by atoms with Gasteiger partial charge in [-0.3, -0.25) is 4.99 Å². The Kier molecular flexibility index (Phi) is 8.98. The number of nitrogens with one attached hydrogen (secondary N) is 2. The molecule has 0 amide bonds. The molecule has 0 aliphatic rings. The summed E-state index contributed by atoms with van der Waals surface area (Å²) in [6.07, 6.45) is 5.18.